The van der Waals surface area contributed by atoms with Crippen molar-refractivity contribution in [1.82, 2.24) is 0 Å². The van der Waals surface area contributed by atoms with Crippen LogP contribution in [0.25, 0.3) is 0 Å². The van der Waals surface area contributed by atoms with Crippen molar-refractivity contribution in [2.45, 2.75) is 26.2 Å². The molecule has 0 bridgehead atoms. The Hall–Kier alpha value is -2.49. The number of nitrogens with one attached hydrogen (secondary N) is 3. The molecule has 0 aromatic heterocycles. The van der Waals surface area contributed by atoms with Crippen LogP contribution in [0.5, 0.6) is 0 Å². The van der Waals surface area contributed by atoms with Gasteiger partial charge in [0.1, 0.15) is 0 Å². The summed E-state index contributed by atoms with van der Waals surface area (Å²) < 4.78 is 0. The minimum absolute atomic E-state index is 0.241. The number of para-hydroxylation sites is 1. The van der Waals surface area contributed by atoms with E-state index in [1.54, 1.807) is 0 Å². The number of urea groups is 1. The Kier molecular flexibility index (Phi) is 6.30. The van der Waals surface area contributed by atoms with Crippen LogP contribution in [0.15, 0.2) is 54.6 Å². The van der Waals surface area contributed by atoms with Crippen molar-refractivity contribution in [3.05, 3.63) is 54.6 Å². The summed E-state index contributed by atoms with van der Waals surface area (Å²) in [6.07, 6.45) is 3.64. The second-order valence-electron chi connectivity index (χ2n) is 5.16. The van der Waals surface area contributed by atoms with E-state index in [0.29, 0.717) is 0 Å². The summed E-state index contributed by atoms with van der Waals surface area (Å²) >= 11 is 0. The van der Waals surface area contributed by atoms with E-state index < -0.39 is 0 Å². The van der Waals surface area contributed by atoms with Crippen LogP contribution in [-0.4, -0.2) is 12.6 Å². The Labute approximate surface area is 131 Å². The summed E-state index contributed by atoms with van der Waals surface area (Å²) in [5, 5.41) is 8.98. The number of unbranched alkanes of at least 4 members (excludes halogenated alkanes) is 2. The molecule has 0 heterocycles. The predicted molar refractivity (Wildman–Crippen MR) is 93.5 cm³/mol. The molecule has 0 atom stereocenters. The number of carbonyl (C=O) groups is 1. The summed E-state index contributed by atoms with van der Waals surface area (Å²) in [4.78, 5) is 11.9. The van der Waals surface area contributed by atoms with Gasteiger partial charge in [-0.3, -0.25) is 0 Å². The Bertz CT molecular complexity index is 567. The number of amides is 2. The number of anilines is 3. The van der Waals surface area contributed by atoms with E-state index in [-0.39, 0.29) is 6.03 Å². The second kappa shape index (κ2) is 8.72. The van der Waals surface area contributed by atoms with Crippen LogP contribution in [0, 0.1) is 0 Å². The fourth-order valence-corrected chi connectivity index (χ4v) is 2.09. The first-order valence-corrected chi connectivity index (χ1v) is 7.75. The highest BCUT2D eigenvalue weighted by Gasteiger charge is 2.02. The number of carbonyl (C=O) groups excluding carboxylic acids is 1. The summed E-state index contributed by atoms with van der Waals surface area (Å²) in [6, 6.07) is 16.9. The fraction of sp³-hybridized carbons (Fsp3) is 0.278. The predicted octanol–water partition coefficient (Wildman–Crippen LogP) is 4.93. The molecule has 0 saturated heterocycles. The zero-order chi connectivity index (χ0) is 15.6. The highest BCUT2D eigenvalue weighted by atomic mass is 16.2. The SMILES string of the molecule is CCCCCNc1ccc(NC(=O)Nc2ccccc2)cc1. The summed E-state index contributed by atoms with van der Waals surface area (Å²) in [5.74, 6) is 0. The molecule has 0 fully saturated rings. The Morgan fingerprint density at radius 1 is 0.818 bits per heavy atom. The van der Waals surface area contributed by atoms with E-state index in [4.69, 9.17) is 0 Å². The first kappa shape index (κ1) is 15.9. The zero-order valence-corrected chi connectivity index (χ0v) is 12.9. The van der Waals surface area contributed by atoms with Gasteiger partial charge in [-0.2, -0.15) is 0 Å². The molecule has 0 unspecified atom stereocenters. The molecule has 22 heavy (non-hydrogen) atoms. The van der Waals surface area contributed by atoms with Crippen LogP contribution >= 0.6 is 0 Å². The Balaban J connectivity index is 1.79. The van der Waals surface area contributed by atoms with E-state index in [1.807, 2.05) is 54.6 Å². The lowest BCUT2D eigenvalue weighted by atomic mass is 10.2. The third-order valence-electron chi connectivity index (χ3n) is 3.28. The van der Waals surface area contributed by atoms with Crippen LogP contribution in [0.4, 0.5) is 21.9 Å². The molecule has 0 saturated carbocycles. The smallest absolute Gasteiger partial charge is 0.323 e. The average molecular weight is 297 g/mol. The second-order valence-corrected chi connectivity index (χ2v) is 5.16. The lowest BCUT2D eigenvalue weighted by Gasteiger charge is -2.09. The van der Waals surface area contributed by atoms with Crippen LogP contribution in [0.1, 0.15) is 26.2 Å². The van der Waals surface area contributed by atoms with Gasteiger partial charge in [0.2, 0.25) is 0 Å². The van der Waals surface area contributed by atoms with Gasteiger partial charge >= 0.3 is 6.03 Å². The topological polar surface area (TPSA) is 53.2 Å². The molecule has 4 heteroatoms. The van der Waals surface area contributed by atoms with Gasteiger partial charge in [-0.05, 0) is 42.8 Å². The number of hydrogen-bond donors (Lipinski definition) is 3. The van der Waals surface area contributed by atoms with E-state index in [0.717, 1.165) is 23.6 Å². The normalized spacial score (nSPS) is 10.0. The monoisotopic (exact) mass is 297 g/mol. The number of benzene rings is 2. The molecule has 2 amide bonds. The average Bonchev–Trinajstić information content (AvgIpc) is 2.54. The van der Waals surface area contributed by atoms with Crippen LogP contribution in [0.2, 0.25) is 0 Å². The maximum Gasteiger partial charge on any atom is 0.323 e. The van der Waals surface area contributed by atoms with Crippen molar-refractivity contribution in [3.8, 4) is 0 Å². The molecule has 2 aromatic rings. The van der Waals surface area contributed by atoms with E-state index >= 15 is 0 Å². The Morgan fingerprint density at radius 2 is 1.41 bits per heavy atom. The maximum atomic E-state index is 11.9. The molecule has 116 valence electrons. The van der Waals surface area contributed by atoms with Crippen molar-refractivity contribution in [3.63, 3.8) is 0 Å². The molecular weight excluding hydrogens is 274 g/mol. The number of hydrogen-bond acceptors (Lipinski definition) is 2. The lowest BCUT2D eigenvalue weighted by Crippen LogP contribution is -2.19. The lowest BCUT2D eigenvalue weighted by molar-refractivity contribution is 0.262. The first-order chi connectivity index (χ1) is 10.8. The van der Waals surface area contributed by atoms with Gasteiger partial charge in [-0.25, -0.2) is 4.79 Å². The van der Waals surface area contributed by atoms with Crippen molar-refractivity contribution in [2.24, 2.45) is 0 Å². The minimum atomic E-state index is -0.241. The molecule has 2 aromatic carbocycles. The van der Waals surface area contributed by atoms with Gasteiger partial charge in [0.25, 0.3) is 0 Å². The standard InChI is InChI=1S/C18H23N3O/c1-2-3-7-14-19-15-10-12-17(13-11-15)21-18(22)20-16-8-5-4-6-9-16/h4-6,8-13,19H,2-3,7,14H2,1H3,(H2,20,21,22). The molecular formula is C18H23N3O. The highest BCUT2D eigenvalue weighted by Crippen LogP contribution is 2.14. The van der Waals surface area contributed by atoms with Crippen LogP contribution in [0.3, 0.4) is 0 Å². The summed E-state index contributed by atoms with van der Waals surface area (Å²) in [5.41, 5.74) is 2.62. The Morgan fingerprint density at radius 3 is 2.05 bits per heavy atom. The van der Waals surface area contributed by atoms with E-state index in [1.165, 1.54) is 19.3 Å². The first-order valence-electron chi connectivity index (χ1n) is 7.75. The van der Waals surface area contributed by atoms with Crippen molar-refractivity contribution in [1.29, 1.82) is 0 Å². The van der Waals surface area contributed by atoms with Gasteiger partial charge in [0, 0.05) is 23.6 Å². The quantitative estimate of drug-likeness (QED) is 0.634. The van der Waals surface area contributed by atoms with Crippen LogP contribution < -0.4 is 16.0 Å². The van der Waals surface area contributed by atoms with Gasteiger partial charge < -0.3 is 16.0 Å². The molecule has 0 radical (unpaired) electrons. The fourth-order valence-electron chi connectivity index (χ4n) is 2.09. The summed E-state index contributed by atoms with van der Waals surface area (Å²) in [6.45, 7) is 3.18. The number of rotatable bonds is 7. The van der Waals surface area contributed by atoms with Crippen molar-refractivity contribution < 1.29 is 4.79 Å². The minimum Gasteiger partial charge on any atom is -0.385 e. The highest BCUT2D eigenvalue weighted by molar-refractivity contribution is 5.99. The molecule has 2 rings (SSSR count). The molecule has 4 nitrogen and oxygen atoms in total. The van der Waals surface area contributed by atoms with Gasteiger partial charge in [0.15, 0.2) is 0 Å². The molecule has 0 spiro atoms. The molecule has 0 aliphatic rings. The van der Waals surface area contributed by atoms with Crippen molar-refractivity contribution >= 4 is 23.1 Å². The zero-order valence-electron chi connectivity index (χ0n) is 12.9. The van der Waals surface area contributed by atoms with Gasteiger partial charge in [0.05, 0.1) is 0 Å². The third kappa shape index (κ3) is 5.48. The van der Waals surface area contributed by atoms with Crippen molar-refractivity contribution in [2.75, 3.05) is 22.5 Å². The molecule has 3 N–H and O–H groups in total. The van der Waals surface area contributed by atoms with E-state index in [9.17, 15) is 4.79 Å². The summed E-state index contributed by atoms with van der Waals surface area (Å²) in [7, 11) is 0. The maximum absolute atomic E-state index is 11.9. The van der Waals surface area contributed by atoms with E-state index in [2.05, 4.69) is 22.9 Å². The van der Waals surface area contributed by atoms with Gasteiger partial charge in [-0.1, -0.05) is 38.0 Å². The third-order valence-corrected chi connectivity index (χ3v) is 3.28. The molecule has 0 aliphatic carbocycles. The van der Waals surface area contributed by atoms with Gasteiger partial charge in [-0.15, -0.1) is 0 Å². The van der Waals surface area contributed by atoms with Crippen LogP contribution in [-0.2, 0) is 0 Å². The largest absolute Gasteiger partial charge is 0.385 e. The molecule has 0 aliphatic heterocycles.